The minimum atomic E-state index is -1.13. The van der Waals surface area contributed by atoms with Crippen LogP contribution in [0.4, 0.5) is 0 Å². The van der Waals surface area contributed by atoms with E-state index in [1.807, 2.05) is 0 Å². The molecule has 0 amide bonds. The lowest BCUT2D eigenvalue weighted by atomic mass is 10.1. The van der Waals surface area contributed by atoms with Gasteiger partial charge in [-0.25, -0.2) is 9.59 Å². The normalized spacial score (nSPS) is 14.9. The first-order valence-corrected chi connectivity index (χ1v) is 5.27. The fourth-order valence-corrected chi connectivity index (χ4v) is 2.45. The molecule has 0 saturated carbocycles. The van der Waals surface area contributed by atoms with Crippen LogP contribution in [0, 0.1) is 0 Å². The second-order valence-electron chi connectivity index (χ2n) is 2.96. The molecule has 0 radical (unpaired) electrons. The summed E-state index contributed by atoms with van der Waals surface area (Å²) in [4.78, 5) is 27.9. The Morgan fingerprint density at radius 1 is 1.57 bits per heavy atom. The number of fused-ring (bicyclic) bond motifs is 1. The van der Waals surface area contributed by atoms with Crippen LogP contribution in [0.3, 0.4) is 0 Å². The molecule has 1 aromatic heterocycles. The van der Waals surface area contributed by atoms with Crippen LogP contribution in [0.1, 0.15) is 21.7 Å². The van der Waals surface area contributed by atoms with Crippen molar-refractivity contribution in [1.29, 1.82) is 0 Å². The Balaban J connectivity index is 2.64. The van der Waals surface area contributed by atoms with Crippen molar-refractivity contribution in [3.05, 3.63) is 27.4 Å². The van der Waals surface area contributed by atoms with Crippen LogP contribution < -0.4 is 5.69 Å². The standard InChI is InChI=1S/C8H8N2O3S/c11-7(12)6-4-3-14-2-1-5(4)9-8(13)10-6/h1-3H2,(H,11,12)(H,9,10,13). The minimum Gasteiger partial charge on any atom is -0.476 e. The van der Waals surface area contributed by atoms with Crippen molar-refractivity contribution >= 4 is 17.7 Å². The van der Waals surface area contributed by atoms with Gasteiger partial charge in [0, 0.05) is 17.0 Å². The zero-order valence-electron chi connectivity index (χ0n) is 7.24. The van der Waals surface area contributed by atoms with Crippen molar-refractivity contribution in [3.8, 4) is 0 Å². The second kappa shape index (κ2) is 3.45. The van der Waals surface area contributed by atoms with E-state index in [0.29, 0.717) is 17.7 Å². The maximum atomic E-state index is 11.0. The van der Waals surface area contributed by atoms with Crippen molar-refractivity contribution in [2.45, 2.75) is 12.2 Å². The third kappa shape index (κ3) is 1.52. The van der Waals surface area contributed by atoms with Crippen molar-refractivity contribution < 1.29 is 9.90 Å². The van der Waals surface area contributed by atoms with Crippen LogP contribution in [0.2, 0.25) is 0 Å². The molecule has 2 rings (SSSR count). The van der Waals surface area contributed by atoms with E-state index in [2.05, 4.69) is 9.97 Å². The van der Waals surface area contributed by atoms with E-state index >= 15 is 0 Å². The van der Waals surface area contributed by atoms with Gasteiger partial charge in [0.25, 0.3) is 0 Å². The Kier molecular flexibility index (Phi) is 2.28. The van der Waals surface area contributed by atoms with E-state index in [1.54, 1.807) is 11.8 Å². The van der Waals surface area contributed by atoms with Crippen LogP contribution in [-0.2, 0) is 12.2 Å². The van der Waals surface area contributed by atoms with E-state index in [1.165, 1.54) is 0 Å². The molecule has 1 aromatic rings. The van der Waals surface area contributed by atoms with E-state index in [0.717, 1.165) is 11.4 Å². The van der Waals surface area contributed by atoms with Gasteiger partial charge in [0.15, 0.2) is 5.69 Å². The Bertz CT molecular complexity index is 441. The third-order valence-corrected chi connectivity index (χ3v) is 3.05. The van der Waals surface area contributed by atoms with Crippen molar-refractivity contribution in [1.82, 2.24) is 9.97 Å². The van der Waals surface area contributed by atoms with Crippen LogP contribution >= 0.6 is 11.8 Å². The van der Waals surface area contributed by atoms with Gasteiger partial charge in [0.05, 0.1) is 0 Å². The number of carbonyl (C=O) groups is 1. The van der Waals surface area contributed by atoms with Gasteiger partial charge < -0.3 is 10.1 Å². The predicted octanol–water partition coefficient (Wildman–Crippen LogP) is 0.257. The first-order valence-electron chi connectivity index (χ1n) is 4.11. The number of carboxylic acid groups (broad SMARTS) is 1. The van der Waals surface area contributed by atoms with Gasteiger partial charge in [-0.15, -0.1) is 0 Å². The fraction of sp³-hybridized carbons (Fsp3) is 0.375. The Labute approximate surface area is 83.6 Å². The number of nitrogens with one attached hydrogen (secondary N) is 1. The van der Waals surface area contributed by atoms with Gasteiger partial charge in [-0.05, 0) is 12.2 Å². The Morgan fingerprint density at radius 3 is 3.07 bits per heavy atom. The van der Waals surface area contributed by atoms with E-state index in [-0.39, 0.29) is 5.69 Å². The number of nitrogens with zero attached hydrogens (tertiary/aromatic N) is 1. The molecule has 0 saturated heterocycles. The third-order valence-electron chi connectivity index (χ3n) is 2.07. The van der Waals surface area contributed by atoms with Crippen LogP contribution in [-0.4, -0.2) is 26.8 Å². The number of hydrogen-bond acceptors (Lipinski definition) is 4. The van der Waals surface area contributed by atoms with Gasteiger partial charge in [-0.2, -0.15) is 16.7 Å². The summed E-state index contributed by atoms with van der Waals surface area (Å²) in [6, 6.07) is 0. The maximum Gasteiger partial charge on any atom is 0.355 e. The SMILES string of the molecule is O=C(O)c1nc(=O)[nH]c2c1CSCC2. The number of rotatable bonds is 1. The quantitative estimate of drug-likeness (QED) is 0.697. The summed E-state index contributed by atoms with van der Waals surface area (Å²) in [5.74, 6) is 0.391. The minimum absolute atomic E-state index is 0.101. The number of thioether (sulfide) groups is 1. The zero-order chi connectivity index (χ0) is 10.1. The molecule has 1 aliphatic rings. The number of aromatic nitrogens is 2. The first kappa shape index (κ1) is 9.26. The lowest BCUT2D eigenvalue weighted by Crippen LogP contribution is -2.23. The Morgan fingerprint density at radius 2 is 2.36 bits per heavy atom. The highest BCUT2D eigenvalue weighted by molar-refractivity contribution is 7.98. The molecular formula is C8H8N2O3S. The van der Waals surface area contributed by atoms with Gasteiger partial charge in [-0.3, -0.25) is 0 Å². The van der Waals surface area contributed by atoms with Crippen molar-refractivity contribution in [2.24, 2.45) is 0 Å². The van der Waals surface area contributed by atoms with Crippen molar-refractivity contribution in [2.75, 3.05) is 5.75 Å². The molecule has 0 bridgehead atoms. The number of carboxylic acids is 1. The first-order chi connectivity index (χ1) is 6.68. The molecule has 0 fully saturated rings. The molecule has 5 nitrogen and oxygen atoms in total. The summed E-state index contributed by atoms with van der Waals surface area (Å²) in [6.07, 6.45) is 0.706. The fourth-order valence-electron chi connectivity index (χ4n) is 1.44. The van der Waals surface area contributed by atoms with E-state index in [9.17, 15) is 9.59 Å². The summed E-state index contributed by atoms with van der Waals surface area (Å²) in [5, 5.41) is 8.84. The molecule has 0 unspecified atom stereocenters. The maximum absolute atomic E-state index is 11.0. The van der Waals surface area contributed by atoms with Crippen LogP contribution in [0.25, 0.3) is 0 Å². The molecule has 0 spiro atoms. The highest BCUT2D eigenvalue weighted by atomic mass is 32.2. The number of aromatic carboxylic acids is 1. The molecule has 14 heavy (non-hydrogen) atoms. The molecule has 6 heteroatoms. The van der Waals surface area contributed by atoms with Gasteiger partial charge >= 0.3 is 11.7 Å². The molecule has 2 heterocycles. The van der Waals surface area contributed by atoms with Gasteiger partial charge in [0.2, 0.25) is 0 Å². The highest BCUT2D eigenvalue weighted by Crippen LogP contribution is 2.23. The number of H-pyrrole nitrogens is 1. The predicted molar refractivity (Wildman–Crippen MR) is 51.7 cm³/mol. The topological polar surface area (TPSA) is 83.0 Å². The molecule has 1 aliphatic heterocycles. The second-order valence-corrected chi connectivity index (χ2v) is 4.06. The number of aryl methyl sites for hydroxylation is 1. The molecule has 0 aliphatic carbocycles. The molecule has 2 N–H and O–H groups in total. The number of aromatic amines is 1. The average molecular weight is 212 g/mol. The molecule has 0 aromatic carbocycles. The monoisotopic (exact) mass is 212 g/mol. The molecule has 74 valence electrons. The highest BCUT2D eigenvalue weighted by Gasteiger charge is 2.20. The molecular weight excluding hydrogens is 204 g/mol. The van der Waals surface area contributed by atoms with Gasteiger partial charge in [-0.1, -0.05) is 0 Å². The summed E-state index contributed by atoms with van der Waals surface area (Å²) in [6.45, 7) is 0. The van der Waals surface area contributed by atoms with Crippen LogP contribution in [0.15, 0.2) is 4.79 Å². The smallest absolute Gasteiger partial charge is 0.355 e. The summed E-state index contributed by atoms with van der Waals surface area (Å²) >= 11 is 1.65. The molecule has 0 atom stereocenters. The summed E-state index contributed by atoms with van der Waals surface area (Å²) < 4.78 is 0. The van der Waals surface area contributed by atoms with E-state index in [4.69, 9.17) is 5.11 Å². The van der Waals surface area contributed by atoms with Gasteiger partial charge in [0.1, 0.15) is 0 Å². The van der Waals surface area contributed by atoms with E-state index < -0.39 is 11.7 Å². The Hall–Kier alpha value is -1.30. The zero-order valence-corrected chi connectivity index (χ0v) is 8.06. The summed E-state index contributed by atoms with van der Waals surface area (Å²) in [7, 11) is 0. The largest absolute Gasteiger partial charge is 0.476 e. The summed E-state index contributed by atoms with van der Waals surface area (Å²) in [5.41, 5.74) is 0.707. The van der Waals surface area contributed by atoms with Crippen LogP contribution in [0.5, 0.6) is 0 Å². The van der Waals surface area contributed by atoms with Crippen molar-refractivity contribution in [3.63, 3.8) is 0 Å². The average Bonchev–Trinajstić information content (AvgIpc) is 2.16. The number of hydrogen-bond donors (Lipinski definition) is 2. The lowest BCUT2D eigenvalue weighted by Gasteiger charge is -2.15. The lowest BCUT2D eigenvalue weighted by molar-refractivity contribution is 0.0688.